The first kappa shape index (κ1) is 93.4. The summed E-state index contributed by atoms with van der Waals surface area (Å²) in [5, 5.41) is 10.3. The Hall–Kier alpha value is -10.9. The number of methoxy groups -OCH3 is 3. The number of aromatic carboxylic acids is 1. The van der Waals surface area contributed by atoms with E-state index in [4.69, 9.17) is 10.8 Å². The van der Waals surface area contributed by atoms with Gasteiger partial charge in [0.2, 0.25) is 0 Å². The highest BCUT2D eigenvalue weighted by molar-refractivity contribution is 14.1. The fourth-order valence-electron chi connectivity index (χ4n) is 12.3. The van der Waals surface area contributed by atoms with E-state index >= 15 is 0 Å². The van der Waals surface area contributed by atoms with Crippen LogP contribution in [0.1, 0.15) is 110 Å². The number of halogens is 9. The van der Waals surface area contributed by atoms with Crippen LogP contribution in [0.25, 0.3) is 0 Å². The van der Waals surface area contributed by atoms with Gasteiger partial charge in [-0.2, -0.15) is 13.2 Å². The van der Waals surface area contributed by atoms with Crippen LogP contribution in [0.4, 0.5) is 63.6 Å². The van der Waals surface area contributed by atoms with Crippen LogP contribution in [0.5, 0.6) is 0 Å². The van der Waals surface area contributed by atoms with Gasteiger partial charge in [-0.1, -0.05) is 0 Å². The lowest BCUT2D eigenvalue weighted by Crippen LogP contribution is -2.78. The second-order valence-corrected chi connectivity index (χ2v) is 42.5. The molecule has 0 aliphatic heterocycles. The number of carbonyl (C=O) groups excluding carboxylic acids is 4. The number of nitrogens with two attached hydrogens (primary N) is 1. The van der Waals surface area contributed by atoms with E-state index in [1.165, 1.54) is 61.7 Å². The normalized spacial score (nSPS) is 16.7. The van der Waals surface area contributed by atoms with E-state index in [0.29, 0.717) is 38.5 Å². The maximum Gasteiger partial charge on any atom is 0.394 e. The van der Waals surface area contributed by atoms with Crippen molar-refractivity contribution in [3.8, 4) is 0 Å². The maximum atomic E-state index is 13.9. The quantitative estimate of drug-likeness (QED) is 0.00971. The Morgan fingerprint density at radius 1 is 0.377 bits per heavy atom. The third kappa shape index (κ3) is 22.0. The average Bonchev–Trinajstić information content (AvgIpc) is 1.13. The number of amides is 1. The molecule has 6 aliphatic carbocycles. The van der Waals surface area contributed by atoms with Crippen LogP contribution >= 0.6 is 22.6 Å². The minimum absolute atomic E-state index is 0.00740. The van der Waals surface area contributed by atoms with Gasteiger partial charge in [0, 0.05) is 14.8 Å². The summed E-state index contributed by atoms with van der Waals surface area (Å²) in [5.74, 6) is -7.95. The number of ether oxygens (including phenoxy) is 3. The maximum absolute atomic E-state index is 13.9. The molecule has 6 fully saturated rings. The Morgan fingerprint density at radius 3 is 0.902 bits per heavy atom. The van der Waals surface area contributed by atoms with Crippen molar-refractivity contribution in [1.29, 1.82) is 0 Å². The van der Waals surface area contributed by atoms with Crippen molar-refractivity contribution in [2.75, 3.05) is 46.0 Å². The van der Waals surface area contributed by atoms with Gasteiger partial charge in [-0.25, -0.2) is 100 Å². The smallest absolute Gasteiger partial charge is 0.394 e. The number of carbonyl (C=O) groups is 5. The largest absolute Gasteiger partial charge is 0.478 e. The number of sulfone groups is 3. The molecule has 122 heavy (non-hydrogen) atoms. The number of benzene rings is 9. The minimum Gasteiger partial charge on any atom is -0.478 e. The van der Waals surface area contributed by atoms with E-state index in [1.54, 1.807) is 12.1 Å². The molecule has 1 amide bonds. The molecule has 6 saturated carbocycles. The molecule has 8 N–H and O–H groups in total. The molecule has 0 atom stereocenters. The van der Waals surface area contributed by atoms with Gasteiger partial charge >= 0.3 is 30.1 Å². The van der Waals surface area contributed by atoms with Gasteiger partial charge in [-0.3, -0.25) is 23.7 Å². The van der Waals surface area contributed by atoms with Crippen LogP contribution in [0, 0.1) is 38.1 Å². The SMILES string of the molecule is COC(=O)c1ccc(F)cc1N.COC(=O)c1ccc(F)cc1NS(=O)(=O)c1ccc(I)cc1.COC(=O)c1ccc(F)cc1NS(=O)(=O)c1ccc(S(=O)(=O)C2CC2)cc1.O=C(NC12CC(C(F)(F)F)(C1)C2)c1ccc(F)cc1NS(=O)(=O)c1ccc(S(=O)(=O)C2CC2)cc1.O=C(O)c1ccc(F)cc1NS(=O)(=O)c1ccc(S(=O)(=O)C2CC2)cc1. The van der Waals surface area contributed by atoms with Crippen molar-refractivity contribution in [2.24, 2.45) is 5.41 Å². The minimum atomic E-state index is -4.36. The van der Waals surface area contributed by atoms with Crippen molar-refractivity contribution in [3.05, 3.63) is 249 Å². The Morgan fingerprint density at radius 2 is 0.623 bits per heavy atom. The average molecular weight is 1950 g/mol. The third-order valence-electron chi connectivity index (χ3n) is 19.0. The summed E-state index contributed by atoms with van der Waals surface area (Å²) in [6.45, 7) is 0. The fraction of sp³-hybridized carbons (Fsp3) is 0.234. The Labute approximate surface area is 707 Å². The predicted octanol–water partition coefficient (Wildman–Crippen LogP) is 12.6. The molecule has 0 radical (unpaired) electrons. The van der Waals surface area contributed by atoms with Gasteiger partial charge < -0.3 is 30.4 Å². The van der Waals surface area contributed by atoms with Gasteiger partial charge in [-0.15, -0.1) is 0 Å². The Kier molecular flexibility index (Phi) is 27.8. The summed E-state index contributed by atoms with van der Waals surface area (Å²) in [4.78, 5) is 57.5. The highest BCUT2D eigenvalue weighted by Gasteiger charge is 2.79. The molecule has 650 valence electrons. The topological polar surface area (TPSA) is 458 Å². The Balaban J connectivity index is 0.000000165. The molecule has 15 rings (SSSR count). The molecule has 0 heterocycles. The van der Waals surface area contributed by atoms with Crippen molar-refractivity contribution in [2.45, 2.75) is 120 Å². The zero-order chi connectivity index (χ0) is 89.8. The fourth-order valence-corrected chi connectivity index (χ4v) is 21.9. The molecule has 0 spiro atoms. The van der Waals surface area contributed by atoms with E-state index in [2.05, 4.69) is 33.7 Å². The van der Waals surface area contributed by atoms with Crippen molar-refractivity contribution >= 4 is 150 Å². The molecule has 0 saturated heterocycles. The third-order valence-corrected chi connectivity index (χ3v) is 32.1. The van der Waals surface area contributed by atoms with Crippen LogP contribution in [0.2, 0.25) is 0 Å². The van der Waals surface area contributed by atoms with E-state index in [-0.39, 0.29) is 92.8 Å². The highest BCUT2D eigenvalue weighted by Crippen LogP contribution is 2.73. The summed E-state index contributed by atoms with van der Waals surface area (Å²) in [5.41, 5.74) is 0.650. The van der Waals surface area contributed by atoms with Crippen LogP contribution < -0.4 is 29.9 Å². The standard InChI is InChI=1S/C22H20F4N2O5S2.C17H16FNO6S2.C16H14FNO6S2.C14H11FINO4S.C8H8FNO2/c23-13-1-8-17(19(29)27-21-10-20(11-21,12-21)22(24,25)26)18(9-13)28-35(32,33)16-6-4-15(5-7-16)34(30,31)14-2-3-14;1-25-17(20)15-9-2-11(18)10-16(15)19-27(23,24)14-7-5-13(6-8-14)26(21,22)12-3-4-12;17-10-1-8-14(16(19)20)15(9-10)18-26(23,24)13-6-4-12(5-7-13)25(21,22)11-2-3-11;1-21-14(18)12-7-2-9(15)8-13(12)17-22(19,20)11-5-3-10(16)4-6-11;1-12-8(11)6-3-2-5(9)4-7(6)10/h1,4-9,14,28H,2-3,10-12H2,(H,27,29);2,5-10,12,19H,3-4H2,1H3;1,4-9,11,18H,2-3H2,(H,19,20);2-8,17H,1H3;2-4H,10H2,1H3. The molecule has 9 aromatic rings. The van der Waals surface area contributed by atoms with Gasteiger partial charge in [0.1, 0.15) is 29.1 Å². The van der Waals surface area contributed by atoms with E-state index in [9.17, 15) is 118 Å². The van der Waals surface area contributed by atoms with Crippen molar-refractivity contribution in [3.63, 3.8) is 0 Å². The number of esters is 3. The molecule has 0 aromatic heterocycles. The number of alkyl halides is 3. The van der Waals surface area contributed by atoms with E-state index in [1.807, 2.05) is 27.3 Å². The highest BCUT2D eigenvalue weighted by atomic mass is 127. The lowest BCUT2D eigenvalue weighted by molar-refractivity contribution is -0.336. The number of sulfonamides is 4. The summed E-state index contributed by atoms with van der Waals surface area (Å²) < 4.78 is 302. The first-order valence-corrected chi connectivity index (χ1v) is 47.1. The van der Waals surface area contributed by atoms with E-state index in [0.717, 1.165) is 139 Å². The van der Waals surface area contributed by atoms with Crippen LogP contribution in [-0.2, 0) is 83.8 Å². The molecule has 29 nitrogen and oxygen atoms in total. The summed E-state index contributed by atoms with van der Waals surface area (Å²) in [7, 11) is -23.6. The van der Waals surface area contributed by atoms with Gasteiger partial charge in [0.05, 0.1) is 127 Å². The van der Waals surface area contributed by atoms with Crippen LogP contribution in [0.15, 0.2) is 222 Å². The monoisotopic (exact) mass is 1950 g/mol. The molecule has 45 heteroatoms. The number of carboxylic acid groups (broad SMARTS) is 1. The second-order valence-electron chi connectivity index (χ2n) is 27.8. The molecule has 9 aromatic carbocycles. The summed E-state index contributed by atoms with van der Waals surface area (Å²) in [6, 6.07) is 34.9. The van der Waals surface area contributed by atoms with Gasteiger partial charge in [0.15, 0.2) is 29.5 Å². The molecule has 0 unspecified atom stereocenters. The first-order valence-electron chi connectivity index (χ1n) is 35.4. The lowest BCUT2D eigenvalue weighted by Gasteiger charge is -2.70. The van der Waals surface area contributed by atoms with Crippen LogP contribution in [0.3, 0.4) is 0 Å². The number of hydrogen-bond donors (Lipinski definition) is 7. The molecule has 2 bridgehead atoms. The van der Waals surface area contributed by atoms with E-state index < -0.39 is 178 Å². The summed E-state index contributed by atoms with van der Waals surface area (Å²) >= 11 is 2.05. The van der Waals surface area contributed by atoms with Crippen molar-refractivity contribution < 1.29 is 137 Å². The number of nitrogen functional groups attached to an aromatic ring is 1. The molecular formula is C77H69F8IN6O23S7. The molecule has 6 aliphatic rings. The van der Waals surface area contributed by atoms with Crippen LogP contribution in [-0.4, -0.2) is 143 Å². The lowest BCUT2D eigenvalue weighted by atomic mass is 9.39. The Bertz CT molecular complexity index is 6440. The number of hydrogen-bond acceptors (Lipinski definition) is 23. The van der Waals surface area contributed by atoms with Gasteiger partial charge in [0.25, 0.3) is 46.0 Å². The number of carboxylic acids is 1. The van der Waals surface area contributed by atoms with Crippen molar-refractivity contribution in [1.82, 2.24) is 5.32 Å². The number of anilines is 5. The number of rotatable bonds is 24. The second kappa shape index (κ2) is 36.3. The zero-order valence-corrected chi connectivity index (χ0v) is 71.1. The van der Waals surface area contributed by atoms with Gasteiger partial charge in [-0.05, 0) is 268 Å². The summed E-state index contributed by atoms with van der Waals surface area (Å²) in [6.07, 6.45) is -1.67. The number of nitrogens with one attached hydrogen (secondary N) is 5. The predicted molar refractivity (Wildman–Crippen MR) is 432 cm³/mol. The zero-order valence-electron chi connectivity index (χ0n) is 63.3. The molecular weight excluding hydrogens is 1880 g/mol. The first-order chi connectivity index (χ1) is 56.9.